The molecular weight excluding hydrogens is 426 g/mol. The van der Waals surface area contributed by atoms with E-state index in [-0.39, 0.29) is 18.7 Å². The van der Waals surface area contributed by atoms with E-state index in [1.807, 2.05) is 54.6 Å². The standard InChI is InChI=1S/C25H25NO5S/c1-2-32(28,29)26-17-21-11-7-6-10-20(21)16-24(26)25(27)31-23-14-12-22(13-15-23)30-18-19-8-4-3-5-9-19/h3-15,24H,2,16-18H2,1H3. The van der Waals surface area contributed by atoms with Crippen LogP contribution in [0.4, 0.5) is 0 Å². The zero-order valence-corrected chi connectivity index (χ0v) is 18.6. The molecule has 1 aliphatic rings. The average Bonchev–Trinajstić information content (AvgIpc) is 2.83. The van der Waals surface area contributed by atoms with Crippen molar-refractivity contribution in [1.29, 1.82) is 0 Å². The Bertz CT molecular complexity index is 1180. The molecule has 0 bridgehead atoms. The topological polar surface area (TPSA) is 72.9 Å². The lowest BCUT2D eigenvalue weighted by Gasteiger charge is -2.34. The van der Waals surface area contributed by atoms with E-state index in [9.17, 15) is 13.2 Å². The van der Waals surface area contributed by atoms with E-state index >= 15 is 0 Å². The summed E-state index contributed by atoms with van der Waals surface area (Å²) in [4.78, 5) is 13.0. The fraction of sp³-hybridized carbons (Fsp3) is 0.240. The molecule has 1 aliphatic heterocycles. The maximum absolute atomic E-state index is 13.0. The molecule has 6 nitrogen and oxygen atoms in total. The Kier molecular flexibility index (Phi) is 6.58. The van der Waals surface area contributed by atoms with Crippen LogP contribution in [0.5, 0.6) is 11.5 Å². The predicted octanol–water partition coefficient (Wildman–Crippen LogP) is 3.95. The van der Waals surface area contributed by atoms with Crippen molar-refractivity contribution in [2.24, 2.45) is 0 Å². The van der Waals surface area contributed by atoms with Crippen LogP contribution in [0, 0.1) is 0 Å². The molecule has 3 aromatic carbocycles. The first-order valence-electron chi connectivity index (χ1n) is 10.5. The number of benzene rings is 3. The first kappa shape index (κ1) is 22.0. The summed E-state index contributed by atoms with van der Waals surface area (Å²) in [5, 5.41) is 0. The molecule has 0 fully saturated rings. The highest BCUT2D eigenvalue weighted by atomic mass is 32.2. The largest absolute Gasteiger partial charge is 0.489 e. The Hall–Kier alpha value is -3.16. The zero-order valence-electron chi connectivity index (χ0n) is 17.8. The number of carbonyl (C=O) groups excluding carboxylic acids is 1. The molecule has 0 N–H and O–H groups in total. The van der Waals surface area contributed by atoms with Crippen LogP contribution < -0.4 is 9.47 Å². The van der Waals surface area contributed by atoms with Crippen LogP contribution >= 0.6 is 0 Å². The molecule has 0 aromatic heterocycles. The first-order valence-corrected chi connectivity index (χ1v) is 12.1. The summed E-state index contributed by atoms with van der Waals surface area (Å²) in [7, 11) is -3.58. The fourth-order valence-electron chi connectivity index (χ4n) is 3.69. The quantitative estimate of drug-likeness (QED) is 0.402. The van der Waals surface area contributed by atoms with E-state index in [4.69, 9.17) is 9.47 Å². The molecule has 0 saturated heterocycles. The maximum atomic E-state index is 13.0. The molecule has 166 valence electrons. The van der Waals surface area contributed by atoms with Crippen molar-refractivity contribution in [3.63, 3.8) is 0 Å². The van der Waals surface area contributed by atoms with Gasteiger partial charge in [-0.3, -0.25) is 0 Å². The van der Waals surface area contributed by atoms with Gasteiger partial charge in [0.1, 0.15) is 24.1 Å². The Morgan fingerprint density at radius 3 is 2.22 bits per heavy atom. The molecule has 1 heterocycles. The summed E-state index contributed by atoms with van der Waals surface area (Å²) >= 11 is 0. The number of hydrogen-bond acceptors (Lipinski definition) is 5. The third-order valence-corrected chi connectivity index (χ3v) is 7.32. The number of esters is 1. The second-order valence-electron chi connectivity index (χ2n) is 7.60. The Morgan fingerprint density at radius 1 is 0.906 bits per heavy atom. The van der Waals surface area contributed by atoms with Gasteiger partial charge in [-0.25, -0.2) is 13.2 Å². The highest BCUT2D eigenvalue weighted by Gasteiger charge is 2.39. The minimum atomic E-state index is -3.58. The smallest absolute Gasteiger partial charge is 0.330 e. The van der Waals surface area contributed by atoms with E-state index in [0.29, 0.717) is 18.1 Å². The summed E-state index contributed by atoms with van der Waals surface area (Å²) in [5.74, 6) is 0.325. The Morgan fingerprint density at radius 2 is 1.53 bits per heavy atom. The lowest BCUT2D eigenvalue weighted by atomic mass is 9.96. The molecule has 1 atom stereocenters. The second kappa shape index (κ2) is 9.54. The molecule has 4 rings (SSSR count). The number of rotatable bonds is 7. The number of ether oxygens (including phenoxy) is 2. The molecule has 0 spiro atoms. The highest BCUT2D eigenvalue weighted by Crippen LogP contribution is 2.28. The molecule has 1 unspecified atom stereocenters. The number of fused-ring (bicyclic) bond motifs is 1. The third kappa shape index (κ3) is 5.00. The van der Waals surface area contributed by atoms with Gasteiger partial charge in [-0.2, -0.15) is 4.31 Å². The van der Waals surface area contributed by atoms with Gasteiger partial charge in [0.15, 0.2) is 0 Å². The summed E-state index contributed by atoms with van der Waals surface area (Å²) in [6, 6.07) is 23.2. The molecule has 0 amide bonds. The number of nitrogens with zero attached hydrogens (tertiary/aromatic N) is 1. The van der Waals surface area contributed by atoms with Crippen LogP contribution in [-0.4, -0.2) is 30.5 Å². The van der Waals surface area contributed by atoms with Crippen molar-refractivity contribution in [2.45, 2.75) is 32.5 Å². The lowest BCUT2D eigenvalue weighted by Crippen LogP contribution is -2.50. The van der Waals surface area contributed by atoms with E-state index in [1.165, 1.54) is 4.31 Å². The van der Waals surface area contributed by atoms with Gasteiger partial charge >= 0.3 is 5.97 Å². The van der Waals surface area contributed by atoms with Gasteiger partial charge in [0.05, 0.1) is 5.75 Å². The summed E-state index contributed by atoms with van der Waals surface area (Å²) in [6.07, 6.45) is 0.284. The van der Waals surface area contributed by atoms with Gasteiger partial charge in [0, 0.05) is 13.0 Å². The number of carbonyl (C=O) groups is 1. The van der Waals surface area contributed by atoms with Crippen LogP contribution in [0.1, 0.15) is 23.6 Å². The first-order chi connectivity index (χ1) is 15.5. The fourth-order valence-corrected chi connectivity index (χ4v) is 4.90. The van der Waals surface area contributed by atoms with Gasteiger partial charge in [0.2, 0.25) is 10.0 Å². The third-order valence-electron chi connectivity index (χ3n) is 5.49. The van der Waals surface area contributed by atoms with Crippen LogP contribution in [0.3, 0.4) is 0 Å². The van der Waals surface area contributed by atoms with Crippen LogP contribution in [0.25, 0.3) is 0 Å². The van der Waals surface area contributed by atoms with Gasteiger partial charge in [0.25, 0.3) is 0 Å². The van der Waals surface area contributed by atoms with Crippen molar-refractivity contribution >= 4 is 16.0 Å². The van der Waals surface area contributed by atoms with Gasteiger partial charge in [-0.05, 0) is 47.9 Å². The zero-order chi connectivity index (χ0) is 22.6. The van der Waals surface area contributed by atoms with Gasteiger partial charge < -0.3 is 9.47 Å². The molecule has 32 heavy (non-hydrogen) atoms. The highest BCUT2D eigenvalue weighted by molar-refractivity contribution is 7.89. The van der Waals surface area contributed by atoms with Crippen LogP contribution in [0.15, 0.2) is 78.9 Å². The Balaban J connectivity index is 1.46. The van der Waals surface area contributed by atoms with Crippen molar-refractivity contribution in [3.05, 3.63) is 95.6 Å². The molecule has 0 radical (unpaired) electrons. The molecular formula is C25H25NO5S. The van der Waals surface area contributed by atoms with E-state index < -0.39 is 22.0 Å². The summed E-state index contributed by atoms with van der Waals surface area (Å²) < 4.78 is 37.9. The normalized spacial score (nSPS) is 16.2. The van der Waals surface area contributed by atoms with Crippen molar-refractivity contribution in [3.8, 4) is 11.5 Å². The summed E-state index contributed by atoms with van der Waals surface area (Å²) in [6.45, 7) is 2.18. The van der Waals surface area contributed by atoms with Gasteiger partial charge in [-0.15, -0.1) is 0 Å². The minimum absolute atomic E-state index is 0.0770. The minimum Gasteiger partial charge on any atom is -0.489 e. The molecule has 7 heteroatoms. The van der Waals surface area contributed by atoms with Crippen LogP contribution in [-0.2, 0) is 34.4 Å². The van der Waals surface area contributed by atoms with E-state index in [0.717, 1.165) is 16.7 Å². The average molecular weight is 452 g/mol. The van der Waals surface area contributed by atoms with Gasteiger partial charge in [-0.1, -0.05) is 54.6 Å². The lowest BCUT2D eigenvalue weighted by molar-refractivity contribution is -0.139. The van der Waals surface area contributed by atoms with E-state index in [2.05, 4.69) is 0 Å². The summed E-state index contributed by atoms with van der Waals surface area (Å²) in [5.41, 5.74) is 2.92. The second-order valence-corrected chi connectivity index (χ2v) is 9.81. The monoisotopic (exact) mass is 451 g/mol. The SMILES string of the molecule is CCS(=O)(=O)N1Cc2ccccc2CC1C(=O)Oc1ccc(OCc2ccccc2)cc1. The predicted molar refractivity (Wildman–Crippen MR) is 122 cm³/mol. The molecule has 0 aliphatic carbocycles. The molecule has 3 aromatic rings. The molecule has 0 saturated carbocycles. The Labute approximate surface area is 188 Å². The van der Waals surface area contributed by atoms with Crippen molar-refractivity contribution in [2.75, 3.05) is 5.75 Å². The number of sulfonamides is 1. The van der Waals surface area contributed by atoms with Crippen LogP contribution in [0.2, 0.25) is 0 Å². The van der Waals surface area contributed by atoms with Crippen molar-refractivity contribution in [1.82, 2.24) is 4.31 Å². The number of hydrogen-bond donors (Lipinski definition) is 0. The maximum Gasteiger partial charge on any atom is 0.330 e. The van der Waals surface area contributed by atoms with E-state index in [1.54, 1.807) is 31.2 Å². The van der Waals surface area contributed by atoms with Crippen molar-refractivity contribution < 1.29 is 22.7 Å².